The zero-order valence-corrected chi connectivity index (χ0v) is 11.5. The van der Waals surface area contributed by atoms with Crippen molar-refractivity contribution in [2.75, 3.05) is 5.73 Å². The summed E-state index contributed by atoms with van der Waals surface area (Å²) >= 11 is 18.0. The molecule has 8 heteroatoms. The molecule has 1 aromatic carbocycles. The van der Waals surface area contributed by atoms with Gasteiger partial charge in [0.05, 0.1) is 20.0 Å². The molecule has 1 heterocycles. The van der Waals surface area contributed by atoms with Crippen LogP contribution in [0.4, 0.5) is 11.5 Å². The zero-order valence-electron chi connectivity index (χ0n) is 9.23. The van der Waals surface area contributed by atoms with Crippen LogP contribution in [0.25, 0.3) is 11.1 Å². The summed E-state index contributed by atoms with van der Waals surface area (Å²) in [6.07, 6.45) is 1.06. The van der Waals surface area contributed by atoms with Gasteiger partial charge in [0.25, 0.3) is 5.69 Å². The number of hydrogen-bond donors (Lipinski definition) is 1. The van der Waals surface area contributed by atoms with Gasteiger partial charge in [0.15, 0.2) is 0 Å². The molecule has 0 saturated heterocycles. The third-order valence-electron chi connectivity index (χ3n) is 2.43. The highest BCUT2D eigenvalue weighted by Crippen LogP contribution is 2.41. The van der Waals surface area contributed by atoms with Crippen molar-refractivity contribution >= 4 is 46.3 Å². The van der Waals surface area contributed by atoms with E-state index in [1.165, 1.54) is 18.2 Å². The van der Waals surface area contributed by atoms with Gasteiger partial charge >= 0.3 is 0 Å². The minimum Gasteiger partial charge on any atom is -0.383 e. The Hall–Kier alpha value is -1.56. The van der Waals surface area contributed by atoms with Crippen LogP contribution in [0.5, 0.6) is 0 Å². The first-order valence-electron chi connectivity index (χ1n) is 4.95. The summed E-state index contributed by atoms with van der Waals surface area (Å²) in [5.74, 6) is 0.0802. The second-order valence-electron chi connectivity index (χ2n) is 3.60. The fraction of sp³-hybridized carbons (Fsp3) is 0. The summed E-state index contributed by atoms with van der Waals surface area (Å²) in [6, 6.07) is 4.31. The topological polar surface area (TPSA) is 82.0 Å². The molecule has 0 bridgehead atoms. The molecule has 2 rings (SSSR count). The van der Waals surface area contributed by atoms with E-state index in [1.54, 1.807) is 0 Å². The lowest BCUT2D eigenvalue weighted by Gasteiger charge is -2.10. The molecule has 98 valence electrons. The van der Waals surface area contributed by atoms with Crippen LogP contribution >= 0.6 is 34.8 Å². The quantitative estimate of drug-likeness (QED) is 0.511. The predicted molar refractivity (Wildman–Crippen MR) is 75.8 cm³/mol. The van der Waals surface area contributed by atoms with Gasteiger partial charge in [0.2, 0.25) is 0 Å². The third kappa shape index (κ3) is 2.58. The van der Waals surface area contributed by atoms with Gasteiger partial charge < -0.3 is 5.73 Å². The molecule has 1 aromatic heterocycles. The summed E-state index contributed by atoms with van der Waals surface area (Å²) in [6.45, 7) is 0. The fourth-order valence-electron chi connectivity index (χ4n) is 1.54. The van der Waals surface area contributed by atoms with E-state index in [2.05, 4.69) is 4.98 Å². The lowest BCUT2D eigenvalue weighted by Crippen LogP contribution is -1.98. The van der Waals surface area contributed by atoms with E-state index in [0.29, 0.717) is 5.56 Å². The maximum absolute atomic E-state index is 10.8. The van der Waals surface area contributed by atoms with Gasteiger partial charge in [-0.05, 0) is 12.1 Å². The minimum atomic E-state index is -0.581. The van der Waals surface area contributed by atoms with Gasteiger partial charge in [-0.3, -0.25) is 10.1 Å². The average molecular weight is 319 g/mol. The van der Waals surface area contributed by atoms with Crippen molar-refractivity contribution in [2.24, 2.45) is 0 Å². The molecule has 5 nitrogen and oxygen atoms in total. The Morgan fingerprint density at radius 3 is 2.47 bits per heavy atom. The van der Waals surface area contributed by atoms with Crippen molar-refractivity contribution in [1.82, 2.24) is 4.98 Å². The highest BCUT2D eigenvalue weighted by Gasteiger charge is 2.18. The second-order valence-corrected chi connectivity index (χ2v) is 4.79. The van der Waals surface area contributed by atoms with E-state index in [-0.39, 0.29) is 32.1 Å². The van der Waals surface area contributed by atoms with Crippen molar-refractivity contribution in [3.63, 3.8) is 0 Å². The SMILES string of the molecule is Nc1ncc([N+](=O)[O-])cc1-c1c(Cl)ccc(Cl)c1Cl. The molecule has 0 spiro atoms. The molecule has 0 fully saturated rings. The Morgan fingerprint density at radius 1 is 1.21 bits per heavy atom. The summed E-state index contributed by atoms with van der Waals surface area (Å²) in [5.41, 5.74) is 6.10. The average Bonchev–Trinajstić information content (AvgIpc) is 2.36. The molecule has 19 heavy (non-hydrogen) atoms. The number of nitrogen functional groups attached to an aromatic ring is 1. The number of pyridine rings is 1. The number of nitrogens with zero attached hydrogens (tertiary/aromatic N) is 2. The molecule has 0 unspecified atom stereocenters. The van der Waals surface area contributed by atoms with Crippen LogP contribution in [-0.2, 0) is 0 Å². The van der Waals surface area contributed by atoms with E-state index in [9.17, 15) is 10.1 Å². The van der Waals surface area contributed by atoms with Gasteiger partial charge in [-0.1, -0.05) is 34.8 Å². The Morgan fingerprint density at radius 2 is 1.84 bits per heavy atom. The molecule has 2 aromatic rings. The van der Waals surface area contributed by atoms with E-state index < -0.39 is 4.92 Å². The lowest BCUT2D eigenvalue weighted by molar-refractivity contribution is -0.385. The standard InChI is InChI=1S/C11H6Cl3N3O2/c12-7-1-2-8(13)10(14)9(7)6-3-5(17(18)19)4-16-11(6)15/h1-4H,(H2,15,16). The molecule has 0 aliphatic carbocycles. The largest absolute Gasteiger partial charge is 0.383 e. The molecule has 0 aliphatic rings. The van der Waals surface area contributed by atoms with E-state index in [0.717, 1.165) is 6.20 Å². The third-order valence-corrected chi connectivity index (χ3v) is 3.55. The number of halogens is 3. The second kappa shape index (κ2) is 5.21. The summed E-state index contributed by atoms with van der Waals surface area (Å²) < 4.78 is 0. The first kappa shape index (κ1) is 13.9. The number of benzene rings is 1. The van der Waals surface area contributed by atoms with Crippen molar-refractivity contribution in [3.8, 4) is 11.1 Å². The molecule has 0 saturated carbocycles. The van der Waals surface area contributed by atoms with Crippen molar-refractivity contribution in [1.29, 1.82) is 0 Å². The molecular formula is C11H6Cl3N3O2. The smallest absolute Gasteiger partial charge is 0.288 e. The lowest BCUT2D eigenvalue weighted by atomic mass is 10.1. The maximum Gasteiger partial charge on any atom is 0.288 e. The Balaban J connectivity index is 2.75. The fourth-order valence-corrected chi connectivity index (χ4v) is 2.27. The minimum absolute atomic E-state index is 0.0802. The molecule has 2 N–H and O–H groups in total. The van der Waals surface area contributed by atoms with Crippen molar-refractivity contribution < 1.29 is 4.92 Å². The molecule has 0 aliphatic heterocycles. The number of anilines is 1. The van der Waals surface area contributed by atoms with E-state index in [4.69, 9.17) is 40.5 Å². The van der Waals surface area contributed by atoms with Gasteiger partial charge in [-0.25, -0.2) is 4.98 Å². The highest BCUT2D eigenvalue weighted by atomic mass is 35.5. The monoisotopic (exact) mass is 317 g/mol. The Bertz CT molecular complexity index is 676. The summed E-state index contributed by atoms with van der Waals surface area (Å²) in [7, 11) is 0. The normalized spacial score (nSPS) is 10.5. The van der Waals surface area contributed by atoms with Crippen LogP contribution < -0.4 is 5.73 Å². The van der Waals surface area contributed by atoms with Gasteiger partial charge in [0, 0.05) is 17.2 Å². The number of rotatable bonds is 2. The van der Waals surface area contributed by atoms with Crippen molar-refractivity contribution in [2.45, 2.75) is 0 Å². The van der Waals surface area contributed by atoms with Gasteiger partial charge in [-0.2, -0.15) is 0 Å². The Labute approximate surface area is 123 Å². The first-order valence-corrected chi connectivity index (χ1v) is 6.09. The van der Waals surface area contributed by atoms with Crippen LogP contribution in [0, 0.1) is 10.1 Å². The molecular weight excluding hydrogens is 312 g/mol. The number of hydrogen-bond acceptors (Lipinski definition) is 4. The highest BCUT2D eigenvalue weighted by molar-refractivity contribution is 6.46. The summed E-state index contributed by atoms with van der Waals surface area (Å²) in [4.78, 5) is 13.9. The summed E-state index contributed by atoms with van der Waals surface area (Å²) in [5, 5.41) is 11.5. The van der Waals surface area contributed by atoms with Gasteiger partial charge in [0.1, 0.15) is 12.0 Å². The van der Waals surface area contributed by atoms with Gasteiger partial charge in [-0.15, -0.1) is 0 Å². The van der Waals surface area contributed by atoms with Crippen LogP contribution in [0.3, 0.4) is 0 Å². The van der Waals surface area contributed by atoms with Crippen LogP contribution in [-0.4, -0.2) is 9.91 Å². The molecule has 0 radical (unpaired) electrons. The number of nitro groups is 1. The number of nitrogens with two attached hydrogens (primary N) is 1. The zero-order chi connectivity index (χ0) is 14.2. The van der Waals surface area contributed by atoms with Crippen molar-refractivity contribution in [3.05, 3.63) is 49.6 Å². The van der Waals surface area contributed by atoms with Crippen LogP contribution in [0.2, 0.25) is 15.1 Å². The molecule has 0 amide bonds. The van der Waals surface area contributed by atoms with E-state index >= 15 is 0 Å². The first-order chi connectivity index (χ1) is 8.91. The molecule has 0 atom stereocenters. The van der Waals surface area contributed by atoms with Crippen LogP contribution in [0.15, 0.2) is 24.4 Å². The van der Waals surface area contributed by atoms with E-state index in [1.807, 2.05) is 0 Å². The Kier molecular flexibility index (Phi) is 3.80. The predicted octanol–water partition coefficient (Wildman–Crippen LogP) is 4.20. The van der Waals surface area contributed by atoms with Crippen LogP contribution in [0.1, 0.15) is 0 Å². The number of aromatic nitrogens is 1. The maximum atomic E-state index is 10.8.